The smallest absolute Gasteiger partial charge is 0.163 e. The van der Waals surface area contributed by atoms with Crippen molar-refractivity contribution in [3.63, 3.8) is 0 Å². The number of hydrogen-bond donors (Lipinski definition) is 2. The van der Waals surface area contributed by atoms with Crippen LogP contribution in [0.3, 0.4) is 0 Å². The van der Waals surface area contributed by atoms with Crippen LogP contribution in [0.1, 0.15) is 31.4 Å². The highest BCUT2D eigenvalue weighted by Gasteiger charge is 2.22. The summed E-state index contributed by atoms with van der Waals surface area (Å²) >= 11 is 0. The van der Waals surface area contributed by atoms with Gasteiger partial charge in [0.05, 0.1) is 12.6 Å². The van der Waals surface area contributed by atoms with Crippen LogP contribution in [0.2, 0.25) is 0 Å². The molecule has 4 heterocycles. The largest absolute Gasteiger partial charge is 0.493 e. The number of piperidine rings is 2. The fraction of sp³-hybridized carbons (Fsp3) is 0.500. The standard InChI is InChI=1S/C26H34N4O3/c1-17-4-5-24(32-17)23-15-21(28-18-8-12-30(2)13-9-18)20-14-25(31-3)26(16-22(20)29-23)33-19-6-10-27-11-7-19/h4-5,14-16,18-19,27H,6-13H2,1-3H3,(H,28,29). The topological polar surface area (TPSA) is 71.8 Å². The molecule has 0 saturated carbocycles. The molecule has 2 N–H and O–H groups in total. The highest BCUT2D eigenvalue weighted by atomic mass is 16.5. The Labute approximate surface area is 195 Å². The molecule has 2 aliphatic heterocycles. The first-order valence-corrected chi connectivity index (χ1v) is 12.0. The Bertz CT molecular complexity index is 1100. The summed E-state index contributed by atoms with van der Waals surface area (Å²) in [6, 6.07) is 10.6. The number of nitrogens with zero attached hydrogens (tertiary/aromatic N) is 2. The van der Waals surface area contributed by atoms with Crippen LogP contribution in [0.4, 0.5) is 5.69 Å². The number of methoxy groups -OCH3 is 1. The number of anilines is 1. The van der Waals surface area contributed by atoms with Gasteiger partial charge in [0.15, 0.2) is 17.3 Å². The lowest BCUT2D eigenvalue weighted by molar-refractivity contribution is 0.157. The van der Waals surface area contributed by atoms with Crippen molar-refractivity contribution in [2.75, 3.05) is 45.7 Å². The lowest BCUT2D eigenvalue weighted by atomic mass is 10.0. The van der Waals surface area contributed by atoms with E-state index in [0.717, 1.165) is 97.2 Å². The molecule has 0 unspecified atom stereocenters. The van der Waals surface area contributed by atoms with E-state index < -0.39 is 0 Å². The summed E-state index contributed by atoms with van der Waals surface area (Å²) in [7, 11) is 3.89. The van der Waals surface area contributed by atoms with E-state index in [4.69, 9.17) is 18.9 Å². The lowest BCUT2D eigenvalue weighted by Crippen LogP contribution is -2.36. The Morgan fingerprint density at radius 1 is 1.06 bits per heavy atom. The second kappa shape index (κ2) is 9.61. The SMILES string of the molecule is COc1cc2c(NC3CCN(C)CC3)cc(-c3ccc(C)o3)nc2cc1OC1CCNCC1. The number of benzene rings is 1. The molecule has 0 spiro atoms. The average molecular weight is 451 g/mol. The van der Waals surface area contributed by atoms with Crippen molar-refractivity contribution in [2.24, 2.45) is 0 Å². The molecule has 2 aromatic heterocycles. The number of aryl methyl sites for hydroxylation is 1. The molecule has 33 heavy (non-hydrogen) atoms. The van der Waals surface area contributed by atoms with Gasteiger partial charge in [0.25, 0.3) is 0 Å². The molecule has 176 valence electrons. The summed E-state index contributed by atoms with van der Waals surface area (Å²) < 4.78 is 18.0. The first kappa shape index (κ1) is 22.0. The number of rotatable bonds is 6. The zero-order valence-electron chi connectivity index (χ0n) is 19.8. The van der Waals surface area contributed by atoms with Crippen molar-refractivity contribution in [1.82, 2.24) is 15.2 Å². The molecule has 2 aliphatic rings. The number of aromatic nitrogens is 1. The van der Waals surface area contributed by atoms with Gasteiger partial charge in [-0.15, -0.1) is 0 Å². The molecule has 5 rings (SSSR count). The van der Waals surface area contributed by atoms with E-state index in [1.165, 1.54) is 0 Å². The second-order valence-corrected chi connectivity index (χ2v) is 9.27. The molecule has 7 heteroatoms. The van der Waals surface area contributed by atoms with Gasteiger partial charge >= 0.3 is 0 Å². The third kappa shape index (κ3) is 4.94. The molecule has 1 aromatic carbocycles. The molecule has 0 radical (unpaired) electrons. The minimum absolute atomic E-state index is 0.185. The highest BCUT2D eigenvalue weighted by Crippen LogP contribution is 2.38. The molecule has 0 atom stereocenters. The number of pyridine rings is 1. The van der Waals surface area contributed by atoms with Crippen LogP contribution in [-0.4, -0.2) is 62.4 Å². The third-order valence-electron chi connectivity index (χ3n) is 6.74. The molecule has 2 fully saturated rings. The predicted octanol–water partition coefficient (Wildman–Crippen LogP) is 4.45. The first-order valence-electron chi connectivity index (χ1n) is 12.0. The normalized spacial score (nSPS) is 18.5. The van der Waals surface area contributed by atoms with Gasteiger partial charge in [-0.05, 0) is 90.1 Å². The van der Waals surface area contributed by atoms with E-state index in [-0.39, 0.29) is 6.10 Å². The maximum atomic E-state index is 6.38. The summed E-state index contributed by atoms with van der Waals surface area (Å²) in [6.07, 6.45) is 4.39. The van der Waals surface area contributed by atoms with E-state index in [2.05, 4.69) is 34.7 Å². The molecule has 0 amide bonds. The van der Waals surface area contributed by atoms with E-state index in [1.54, 1.807) is 7.11 Å². The van der Waals surface area contributed by atoms with Gasteiger partial charge in [0, 0.05) is 23.2 Å². The molecule has 7 nitrogen and oxygen atoms in total. The zero-order valence-corrected chi connectivity index (χ0v) is 19.8. The zero-order chi connectivity index (χ0) is 22.8. The highest BCUT2D eigenvalue weighted by molar-refractivity contribution is 5.95. The number of fused-ring (bicyclic) bond motifs is 1. The van der Waals surface area contributed by atoms with Crippen LogP contribution >= 0.6 is 0 Å². The van der Waals surface area contributed by atoms with Gasteiger partial charge in [-0.25, -0.2) is 4.98 Å². The monoisotopic (exact) mass is 450 g/mol. The van der Waals surface area contributed by atoms with Crippen molar-refractivity contribution >= 4 is 16.6 Å². The van der Waals surface area contributed by atoms with Crippen molar-refractivity contribution < 1.29 is 13.9 Å². The number of ether oxygens (including phenoxy) is 2. The van der Waals surface area contributed by atoms with Crippen molar-refractivity contribution in [1.29, 1.82) is 0 Å². The summed E-state index contributed by atoms with van der Waals surface area (Å²) in [5.41, 5.74) is 2.76. The minimum atomic E-state index is 0.185. The Balaban J connectivity index is 1.55. The fourth-order valence-corrected chi connectivity index (χ4v) is 4.77. The summed E-state index contributed by atoms with van der Waals surface area (Å²) in [5, 5.41) is 8.23. The third-order valence-corrected chi connectivity index (χ3v) is 6.74. The van der Waals surface area contributed by atoms with E-state index in [0.29, 0.717) is 6.04 Å². The van der Waals surface area contributed by atoms with Gasteiger partial charge in [-0.3, -0.25) is 0 Å². The number of hydrogen-bond acceptors (Lipinski definition) is 7. The van der Waals surface area contributed by atoms with Crippen LogP contribution in [0.25, 0.3) is 22.4 Å². The molecule has 0 aliphatic carbocycles. The Morgan fingerprint density at radius 3 is 2.55 bits per heavy atom. The minimum Gasteiger partial charge on any atom is -0.493 e. The quantitative estimate of drug-likeness (QED) is 0.575. The number of nitrogens with one attached hydrogen (secondary N) is 2. The Kier molecular flexibility index (Phi) is 6.42. The van der Waals surface area contributed by atoms with Crippen LogP contribution < -0.4 is 20.1 Å². The van der Waals surface area contributed by atoms with Gasteiger partial charge in [0.1, 0.15) is 17.6 Å². The van der Waals surface area contributed by atoms with Crippen molar-refractivity contribution in [3.8, 4) is 23.0 Å². The van der Waals surface area contributed by atoms with Gasteiger partial charge < -0.3 is 29.4 Å². The maximum absolute atomic E-state index is 6.38. The van der Waals surface area contributed by atoms with Crippen LogP contribution in [0, 0.1) is 6.92 Å². The summed E-state index contributed by atoms with van der Waals surface area (Å²) in [4.78, 5) is 7.35. The Hall–Kier alpha value is -2.77. The summed E-state index contributed by atoms with van der Waals surface area (Å²) in [5.74, 6) is 3.15. The van der Waals surface area contributed by atoms with Gasteiger partial charge in [-0.2, -0.15) is 0 Å². The van der Waals surface area contributed by atoms with E-state index >= 15 is 0 Å². The van der Waals surface area contributed by atoms with E-state index in [1.807, 2.05) is 25.1 Å². The summed E-state index contributed by atoms with van der Waals surface area (Å²) in [6.45, 7) is 6.11. The fourth-order valence-electron chi connectivity index (χ4n) is 4.77. The van der Waals surface area contributed by atoms with Crippen LogP contribution in [-0.2, 0) is 0 Å². The molecule has 3 aromatic rings. The van der Waals surface area contributed by atoms with Gasteiger partial charge in [-0.1, -0.05) is 0 Å². The first-order chi connectivity index (χ1) is 16.1. The predicted molar refractivity (Wildman–Crippen MR) is 131 cm³/mol. The lowest BCUT2D eigenvalue weighted by Gasteiger charge is -2.30. The molecule has 2 saturated heterocycles. The molecular formula is C26H34N4O3. The van der Waals surface area contributed by atoms with Gasteiger partial charge in [0.2, 0.25) is 0 Å². The number of furan rings is 1. The van der Waals surface area contributed by atoms with Crippen LogP contribution in [0.5, 0.6) is 11.5 Å². The van der Waals surface area contributed by atoms with Crippen molar-refractivity contribution in [2.45, 2.75) is 44.8 Å². The van der Waals surface area contributed by atoms with Crippen molar-refractivity contribution in [3.05, 3.63) is 36.1 Å². The van der Waals surface area contributed by atoms with E-state index in [9.17, 15) is 0 Å². The average Bonchev–Trinajstić information content (AvgIpc) is 3.27. The Morgan fingerprint density at radius 2 is 1.85 bits per heavy atom. The maximum Gasteiger partial charge on any atom is 0.163 e. The molecule has 0 bridgehead atoms. The second-order valence-electron chi connectivity index (χ2n) is 9.27. The van der Waals surface area contributed by atoms with Crippen LogP contribution in [0.15, 0.2) is 34.7 Å². The number of likely N-dealkylation sites (tertiary alicyclic amines) is 1. The molecular weight excluding hydrogens is 416 g/mol.